The smallest absolute Gasteiger partial charge is 0.254 e. The van der Waals surface area contributed by atoms with E-state index >= 15 is 0 Å². The normalized spacial score (nSPS) is 16.3. The lowest BCUT2D eigenvalue weighted by molar-refractivity contribution is -0.125. The van der Waals surface area contributed by atoms with Gasteiger partial charge in [0.25, 0.3) is 11.8 Å². The van der Waals surface area contributed by atoms with E-state index in [2.05, 4.69) is 10.6 Å². The molecule has 180 valence electrons. The predicted octanol–water partition coefficient (Wildman–Crippen LogP) is 2.90. The highest BCUT2D eigenvalue weighted by atomic mass is 16.7. The van der Waals surface area contributed by atoms with Gasteiger partial charge in [0.2, 0.25) is 12.7 Å². The highest BCUT2D eigenvalue weighted by molar-refractivity contribution is 5.98. The summed E-state index contributed by atoms with van der Waals surface area (Å²) in [7, 11) is 0. The summed E-state index contributed by atoms with van der Waals surface area (Å²) in [5, 5.41) is 5.86. The number of nitrogens with zero attached hydrogens (tertiary/aromatic N) is 1. The zero-order chi connectivity index (χ0) is 24.2. The summed E-state index contributed by atoms with van der Waals surface area (Å²) >= 11 is 0. The van der Waals surface area contributed by atoms with Crippen LogP contribution < -0.4 is 20.1 Å². The molecule has 1 unspecified atom stereocenters. The summed E-state index contributed by atoms with van der Waals surface area (Å²) in [6.07, 6.45) is 1.24. The number of hydrogen-bond donors (Lipinski definition) is 2. The molecular formula is C26H31N3O5. The summed E-state index contributed by atoms with van der Waals surface area (Å²) in [4.78, 5) is 40.9. The van der Waals surface area contributed by atoms with Gasteiger partial charge in [-0.1, -0.05) is 18.2 Å². The molecule has 1 atom stereocenters. The quantitative estimate of drug-likeness (QED) is 0.684. The van der Waals surface area contributed by atoms with Gasteiger partial charge in [-0.3, -0.25) is 14.4 Å². The molecule has 3 amide bonds. The third kappa shape index (κ3) is 5.16. The van der Waals surface area contributed by atoms with Crippen LogP contribution in [0.15, 0.2) is 42.5 Å². The molecule has 2 aliphatic rings. The van der Waals surface area contributed by atoms with Gasteiger partial charge in [0.15, 0.2) is 11.5 Å². The Balaban J connectivity index is 1.45. The number of carbonyl (C=O) groups is 3. The zero-order valence-electron chi connectivity index (χ0n) is 19.8. The second-order valence-corrected chi connectivity index (χ2v) is 9.13. The van der Waals surface area contributed by atoms with Crippen LogP contribution in [0.4, 0.5) is 0 Å². The molecule has 2 aliphatic heterocycles. The topological polar surface area (TPSA) is 97.0 Å². The lowest BCUT2D eigenvalue weighted by Gasteiger charge is -2.36. The summed E-state index contributed by atoms with van der Waals surface area (Å²) in [6.45, 7) is 6.89. The number of fused-ring (bicyclic) bond motifs is 1. The van der Waals surface area contributed by atoms with Gasteiger partial charge >= 0.3 is 0 Å². The molecule has 4 rings (SSSR count). The van der Waals surface area contributed by atoms with Gasteiger partial charge in [-0.05, 0) is 69.4 Å². The fourth-order valence-corrected chi connectivity index (χ4v) is 4.45. The van der Waals surface area contributed by atoms with Crippen LogP contribution >= 0.6 is 0 Å². The highest BCUT2D eigenvalue weighted by Crippen LogP contribution is 2.32. The van der Waals surface area contributed by atoms with Gasteiger partial charge in [0, 0.05) is 30.3 Å². The number of ether oxygens (including phenoxy) is 2. The van der Waals surface area contributed by atoms with Crippen molar-refractivity contribution in [2.75, 3.05) is 19.9 Å². The number of hydrogen-bond acceptors (Lipinski definition) is 5. The predicted molar refractivity (Wildman–Crippen MR) is 127 cm³/mol. The van der Waals surface area contributed by atoms with E-state index in [0.717, 1.165) is 5.56 Å². The Morgan fingerprint density at radius 1 is 0.971 bits per heavy atom. The molecule has 2 N–H and O–H groups in total. The summed E-state index contributed by atoms with van der Waals surface area (Å²) < 4.78 is 10.7. The Morgan fingerprint density at radius 3 is 2.38 bits per heavy atom. The van der Waals surface area contributed by atoms with Gasteiger partial charge in [-0.15, -0.1) is 0 Å². The minimum Gasteiger partial charge on any atom is -0.454 e. The first-order chi connectivity index (χ1) is 16.3. The van der Waals surface area contributed by atoms with E-state index in [1.54, 1.807) is 18.2 Å². The third-order valence-corrected chi connectivity index (χ3v) is 6.31. The van der Waals surface area contributed by atoms with Crippen LogP contribution in [0.5, 0.6) is 11.5 Å². The first-order valence-corrected chi connectivity index (χ1v) is 11.7. The van der Waals surface area contributed by atoms with Crippen molar-refractivity contribution in [3.8, 4) is 11.5 Å². The van der Waals surface area contributed by atoms with Crippen LogP contribution in [0, 0.1) is 12.8 Å². The fraction of sp³-hybridized carbons (Fsp3) is 0.423. The number of nitrogens with one attached hydrogen (secondary N) is 2. The van der Waals surface area contributed by atoms with Crippen LogP contribution in [0.3, 0.4) is 0 Å². The summed E-state index contributed by atoms with van der Waals surface area (Å²) in [5.74, 6) is 0.463. The van der Waals surface area contributed by atoms with E-state index < -0.39 is 6.04 Å². The molecule has 0 radical (unpaired) electrons. The average Bonchev–Trinajstić information content (AvgIpc) is 3.30. The summed E-state index contributed by atoms with van der Waals surface area (Å²) in [5.41, 5.74) is 2.05. The number of aryl methyl sites for hydroxylation is 1. The van der Waals surface area contributed by atoms with Crippen molar-refractivity contribution in [3.05, 3.63) is 59.2 Å². The van der Waals surface area contributed by atoms with E-state index in [1.165, 1.54) is 0 Å². The van der Waals surface area contributed by atoms with E-state index in [9.17, 15) is 14.4 Å². The van der Waals surface area contributed by atoms with Crippen molar-refractivity contribution in [1.29, 1.82) is 0 Å². The van der Waals surface area contributed by atoms with Crippen molar-refractivity contribution in [3.63, 3.8) is 0 Å². The molecule has 34 heavy (non-hydrogen) atoms. The average molecular weight is 466 g/mol. The van der Waals surface area contributed by atoms with Gasteiger partial charge in [-0.25, -0.2) is 0 Å². The van der Waals surface area contributed by atoms with E-state index in [0.29, 0.717) is 48.6 Å². The fourth-order valence-electron chi connectivity index (χ4n) is 4.45. The van der Waals surface area contributed by atoms with Crippen LogP contribution in [-0.2, 0) is 4.79 Å². The maximum atomic E-state index is 13.0. The van der Waals surface area contributed by atoms with Gasteiger partial charge in [-0.2, -0.15) is 0 Å². The SMILES string of the molecule is Cc1ccccc1C(=O)N1CCC(C(NC(=O)c2ccc3c(c2)OCO3)C(=O)NC(C)C)CC1. The molecule has 2 heterocycles. The molecule has 0 aromatic heterocycles. The number of benzene rings is 2. The Morgan fingerprint density at radius 2 is 1.68 bits per heavy atom. The van der Waals surface area contributed by atoms with Gasteiger partial charge < -0.3 is 25.0 Å². The van der Waals surface area contributed by atoms with Crippen LogP contribution in [0.2, 0.25) is 0 Å². The number of piperidine rings is 1. The lowest BCUT2D eigenvalue weighted by Crippen LogP contribution is -2.54. The molecule has 2 aromatic rings. The van der Waals surface area contributed by atoms with Gasteiger partial charge in [0.05, 0.1) is 0 Å². The van der Waals surface area contributed by atoms with E-state index in [4.69, 9.17) is 9.47 Å². The molecular weight excluding hydrogens is 434 g/mol. The van der Waals surface area contributed by atoms with E-state index in [1.807, 2.05) is 49.9 Å². The van der Waals surface area contributed by atoms with Gasteiger partial charge in [0.1, 0.15) is 6.04 Å². The second-order valence-electron chi connectivity index (χ2n) is 9.13. The number of likely N-dealkylation sites (tertiary alicyclic amines) is 1. The Bertz CT molecular complexity index is 1080. The molecule has 1 saturated heterocycles. The molecule has 0 saturated carbocycles. The molecule has 0 bridgehead atoms. The minimum atomic E-state index is -0.698. The third-order valence-electron chi connectivity index (χ3n) is 6.31. The molecule has 0 spiro atoms. The first kappa shape index (κ1) is 23.6. The molecule has 2 aromatic carbocycles. The standard InChI is InChI=1S/C26H31N3O5/c1-16(2)27-25(31)23(28-24(30)19-8-9-21-22(14-19)34-15-33-21)18-10-12-29(13-11-18)26(32)20-7-5-4-6-17(20)3/h4-9,14,16,18,23H,10-13,15H2,1-3H3,(H,27,31)(H,28,30). The Hall–Kier alpha value is -3.55. The molecule has 0 aliphatic carbocycles. The van der Waals surface area contributed by atoms with Crippen molar-refractivity contribution in [2.45, 2.75) is 45.7 Å². The zero-order valence-corrected chi connectivity index (χ0v) is 19.8. The monoisotopic (exact) mass is 465 g/mol. The van der Waals surface area contributed by atoms with Crippen LogP contribution in [-0.4, -0.2) is 54.6 Å². The number of amides is 3. The van der Waals surface area contributed by atoms with Crippen molar-refractivity contribution in [2.24, 2.45) is 5.92 Å². The molecule has 1 fully saturated rings. The minimum absolute atomic E-state index is 0.00382. The largest absolute Gasteiger partial charge is 0.454 e. The lowest BCUT2D eigenvalue weighted by atomic mass is 9.88. The van der Waals surface area contributed by atoms with Crippen LogP contribution in [0.25, 0.3) is 0 Å². The second kappa shape index (κ2) is 10.2. The van der Waals surface area contributed by atoms with Crippen molar-refractivity contribution in [1.82, 2.24) is 15.5 Å². The van der Waals surface area contributed by atoms with Crippen molar-refractivity contribution < 1.29 is 23.9 Å². The molecule has 8 heteroatoms. The highest BCUT2D eigenvalue weighted by Gasteiger charge is 2.34. The van der Waals surface area contributed by atoms with E-state index in [-0.39, 0.29) is 36.5 Å². The maximum absolute atomic E-state index is 13.0. The van der Waals surface area contributed by atoms with Crippen LogP contribution in [0.1, 0.15) is 53.0 Å². The maximum Gasteiger partial charge on any atom is 0.254 e. The first-order valence-electron chi connectivity index (χ1n) is 11.7. The summed E-state index contributed by atoms with van der Waals surface area (Å²) in [6, 6.07) is 11.8. The Kier molecular flexibility index (Phi) is 7.05. The number of carbonyl (C=O) groups excluding carboxylic acids is 3. The molecule has 8 nitrogen and oxygen atoms in total. The number of rotatable bonds is 6. The van der Waals surface area contributed by atoms with Crippen molar-refractivity contribution >= 4 is 17.7 Å². The Labute approximate surface area is 199 Å².